The zero-order valence-electron chi connectivity index (χ0n) is 11.8. The summed E-state index contributed by atoms with van der Waals surface area (Å²) in [6, 6.07) is 11.8. The van der Waals surface area contributed by atoms with Crippen molar-refractivity contribution in [1.82, 2.24) is 9.55 Å². The van der Waals surface area contributed by atoms with Crippen LogP contribution in [0, 0.1) is 11.7 Å². The Morgan fingerprint density at radius 3 is 2.76 bits per heavy atom. The summed E-state index contributed by atoms with van der Waals surface area (Å²) in [5, 5.41) is 0.679. The van der Waals surface area contributed by atoms with Gasteiger partial charge in [-0.15, -0.1) is 0 Å². The van der Waals surface area contributed by atoms with Crippen molar-refractivity contribution in [3.8, 4) is 5.75 Å². The molecule has 21 heavy (non-hydrogen) atoms. The number of imidazole rings is 1. The van der Waals surface area contributed by atoms with Gasteiger partial charge in [0.15, 0.2) is 4.77 Å². The van der Waals surface area contributed by atoms with Gasteiger partial charge in [-0.25, -0.2) is 0 Å². The maximum Gasteiger partial charge on any atom is 0.178 e. The number of hydrogen-bond donors (Lipinski definition) is 1. The summed E-state index contributed by atoms with van der Waals surface area (Å²) in [5.41, 5.74) is 4.24. The number of nitrogens with zero attached hydrogens (tertiary/aromatic N) is 1. The molecule has 5 heteroatoms. The molecule has 0 aliphatic rings. The molecule has 2 aromatic carbocycles. The Balaban J connectivity index is 2.18. The summed E-state index contributed by atoms with van der Waals surface area (Å²) in [4.78, 5) is 3.27. The van der Waals surface area contributed by atoms with Crippen LogP contribution in [0.5, 0.6) is 5.75 Å². The predicted octanol–water partition coefficient (Wildman–Crippen LogP) is 4.72. The molecule has 0 saturated carbocycles. The molecule has 108 valence electrons. The first-order valence-corrected chi connectivity index (χ1v) is 7.40. The predicted molar refractivity (Wildman–Crippen MR) is 89.0 cm³/mol. The van der Waals surface area contributed by atoms with E-state index in [-0.39, 0.29) is 0 Å². The lowest BCUT2D eigenvalue weighted by Crippen LogP contribution is -2.02. The van der Waals surface area contributed by atoms with Crippen molar-refractivity contribution in [3.05, 3.63) is 57.3 Å². The Bertz CT molecular complexity index is 866. The smallest absolute Gasteiger partial charge is 0.178 e. The van der Waals surface area contributed by atoms with Crippen LogP contribution in [-0.4, -0.2) is 16.7 Å². The van der Waals surface area contributed by atoms with Crippen LogP contribution in [0.15, 0.2) is 36.4 Å². The lowest BCUT2D eigenvalue weighted by atomic mass is 10.2. The van der Waals surface area contributed by atoms with E-state index in [2.05, 4.69) is 24.0 Å². The highest BCUT2D eigenvalue weighted by molar-refractivity contribution is 7.71. The van der Waals surface area contributed by atoms with E-state index >= 15 is 0 Å². The normalized spacial score (nSPS) is 11.0. The Morgan fingerprint density at radius 1 is 1.24 bits per heavy atom. The van der Waals surface area contributed by atoms with Gasteiger partial charge >= 0.3 is 0 Å². The second kappa shape index (κ2) is 5.54. The molecule has 0 atom stereocenters. The van der Waals surface area contributed by atoms with Gasteiger partial charge in [0.2, 0.25) is 0 Å². The number of rotatable bonds is 3. The number of hydrogen-bond acceptors (Lipinski definition) is 2. The summed E-state index contributed by atoms with van der Waals surface area (Å²) < 4.78 is 8.13. The fraction of sp³-hybridized carbons (Fsp3) is 0.188. The molecule has 3 aromatic rings. The van der Waals surface area contributed by atoms with Crippen LogP contribution in [0.4, 0.5) is 0 Å². The van der Waals surface area contributed by atoms with Crippen molar-refractivity contribution in [2.45, 2.75) is 13.5 Å². The van der Waals surface area contributed by atoms with Crippen molar-refractivity contribution in [2.24, 2.45) is 0 Å². The summed E-state index contributed by atoms with van der Waals surface area (Å²) >= 11 is 11.8. The third-order valence-corrected chi connectivity index (χ3v) is 4.31. The highest BCUT2D eigenvalue weighted by Gasteiger charge is 2.12. The van der Waals surface area contributed by atoms with E-state index in [1.54, 1.807) is 7.11 Å². The number of aromatic amines is 1. The molecule has 1 aromatic heterocycles. The second-order valence-corrected chi connectivity index (χ2v) is 5.70. The molecule has 0 bridgehead atoms. The quantitative estimate of drug-likeness (QED) is 0.708. The molecule has 1 heterocycles. The largest absolute Gasteiger partial charge is 0.496 e. The van der Waals surface area contributed by atoms with Gasteiger partial charge in [-0.05, 0) is 42.9 Å². The van der Waals surface area contributed by atoms with Gasteiger partial charge < -0.3 is 14.3 Å². The molecule has 0 radical (unpaired) electrons. The van der Waals surface area contributed by atoms with Crippen LogP contribution in [0.2, 0.25) is 5.02 Å². The van der Waals surface area contributed by atoms with Crippen LogP contribution in [0.25, 0.3) is 11.0 Å². The molecule has 0 spiro atoms. The molecular weight excluding hydrogens is 304 g/mol. The molecular formula is C16H15ClN2OS. The van der Waals surface area contributed by atoms with Crippen molar-refractivity contribution >= 4 is 34.9 Å². The number of benzene rings is 2. The molecule has 3 nitrogen and oxygen atoms in total. The maximum absolute atomic E-state index is 6.32. The fourth-order valence-corrected chi connectivity index (χ4v) is 3.01. The van der Waals surface area contributed by atoms with Crippen molar-refractivity contribution in [1.29, 1.82) is 0 Å². The number of para-hydroxylation sites is 1. The minimum Gasteiger partial charge on any atom is -0.496 e. The Morgan fingerprint density at radius 2 is 2.00 bits per heavy atom. The van der Waals surface area contributed by atoms with E-state index in [1.807, 2.05) is 28.8 Å². The van der Waals surface area contributed by atoms with Gasteiger partial charge in [0.1, 0.15) is 5.75 Å². The first-order chi connectivity index (χ1) is 10.1. The molecule has 0 unspecified atom stereocenters. The lowest BCUT2D eigenvalue weighted by Gasteiger charge is -2.11. The number of aromatic nitrogens is 2. The number of halogens is 1. The van der Waals surface area contributed by atoms with Gasteiger partial charge in [-0.2, -0.15) is 0 Å². The maximum atomic E-state index is 6.32. The number of H-pyrrole nitrogens is 1. The third kappa shape index (κ3) is 2.45. The Hall–Kier alpha value is -1.78. The van der Waals surface area contributed by atoms with Crippen molar-refractivity contribution < 1.29 is 4.74 Å². The third-order valence-electron chi connectivity index (χ3n) is 3.63. The van der Waals surface area contributed by atoms with E-state index < -0.39 is 0 Å². The minimum absolute atomic E-state index is 0.575. The number of fused-ring (bicyclic) bond motifs is 1. The standard InChI is InChI=1S/C16H15ClN2OS/c1-10-5-3-7-13-15(10)18-16(21)19(13)9-11-12(17)6-4-8-14(11)20-2/h3-8H,9H2,1-2H3,(H,18,21). The number of ether oxygens (including phenoxy) is 1. The zero-order valence-corrected chi connectivity index (χ0v) is 13.4. The van der Waals surface area contributed by atoms with E-state index in [4.69, 9.17) is 28.6 Å². The first-order valence-electron chi connectivity index (χ1n) is 6.61. The molecule has 0 aliphatic heterocycles. The lowest BCUT2D eigenvalue weighted by molar-refractivity contribution is 0.408. The summed E-state index contributed by atoms with van der Waals surface area (Å²) in [5.74, 6) is 0.770. The molecule has 0 amide bonds. The average molecular weight is 319 g/mol. The highest BCUT2D eigenvalue weighted by atomic mass is 35.5. The number of aryl methyl sites for hydroxylation is 1. The van der Waals surface area contributed by atoms with Crippen LogP contribution >= 0.6 is 23.8 Å². The van der Waals surface area contributed by atoms with Crippen molar-refractivity contribution in [3.63, 3.8) is 0 Å². The molecule has 1 N–H and O–H groups in total. The van der Waals surface area contributed by atoms with E-state index in [1.165, 1.54) is 5.56 Å². The minimum atomic E-state index is 0.575. The van der Waals surface area contributed by atoms with Crippen molar-refractivity contribution in [2.75, 3.05) is 7.11 Å². The van der Waals surface area contributed by atoms with Crippen LogP contribution in [0.3, 0.4) is 0 Å². The van der Waals surface area contributed by atoms with Gasteiger partial charge in [-0.1, -0.05) is 29.8 Å². The van der Waals surface area contributed by atoms with E-state index in [9.17, 15) is 0 Å². The van der Waals surface area contributed by atoms with Crippen LogP contribution < -0.4 is 4.74 Å². The Kier molecular flexibility index (Phi) is 3.74. The average Bonchev–Trinajstić information content (AvgIpc) is 2.79. The molecule has 0 aliphatic carbocycles. The van der Waals surface area contributed by atoms with Crippen LogP contribution in [0.1, 0.15) is 11.1 Å². The summed E-state index contributed by atoms with van der Waals surface area (Å²) in [6.45, 7) is 2.64. The topological polar surface area (TPSA) is 29.9 Å². The van der Waals surface area contributed by atoms with Gasteiger partial charge in [0, 0.05) is 10.6 Å². The molecule has 0 fully saturated rings. The zero-order chi connectivity index (χ0) is 15.0. The number of methoxy groups -OCH3 is 1. The Labute approximate surface area is 133 Å². The van der Waals surface area contributed by atoms with Crippen LogP contribution in [-0.2, 0) is 6.54 Å². The van der Waals surface area contributed by atoms with Gasteiger partial charge in [0.25, 0.3) is 0 Å². The van der Waals surface area contributed by atoms with E-state index in [0.717, 1.165) is 22.3 Å². The van der Waals surface area contributed by atoms with Gasteiger partial charge in [0.05, 0.1) is 24.7 Å². The number of nitrogens with one attached hydrogen (secondary N) is 1. The van der Waals surface area contributed by atoms with Gasteiger partial charge in [-0.3, -0.25) is 0 Å². The molecule has 0 saturated heterocycles. The SMILES string of the molecule is COc1cccc(Cl)c1Cn1c(=S)[nH]c2c(C)cccc21. The summed E-state index contributed by atoms with van der Waals surface area (Å²) in [6.07, 6.45) is 0. The van der Waals surface area contributed by atoms with E-state index in [0.29, 0.717) is 16.3 Å². The highest BCUT2D eigenvalue weighted by Crippen LogP contribution is 2.28. The molecule has 3 rings (SSSR count). The summed E-state index contributed by atoms with van der Waals surface area (Å²) in [7, 11) is 1.65. The first kappa shape index (κ1) is 14.2. The fourth-order valence-electron chi connectivity index (χ4n) is 2.52. The monoisotopic (exact) mass is 318 g/mol. The second-order valence-electron chi connectivity index (χ2n) is 4.91.